The Balaban J connectivity index is 1.56. The molecule has 0 amide bonds. The van der Waals surface area contributed by atoms with Crippen LogP contribution in [0.2, 0.25) is 0 Å². The largest absolute Gasteiger partial charge is 0.364 e. The molecule has 26 heavy (non-hydrogen) atoms. The number of anilines is 1. The van der Waals surface area contributed by atoms with Crippen LogP contribution in [0.5, 0.6) is 0 Å². The first kappa shape index (κ1) is 15.0. The van der Waals surface area contributed by atoms with Gasteiger partial charge in [0.05, 0.1) is 24.0 Å². The van der Waals surface area contributed by atoms with E-state index in [1.807, 2.05) is 52.4 Å². The Morgan fingerprint density at radius 2 is 1.96 bits per heavy atom. The number of hydrogen-bond donors (Lipinski definition) is 1. The smallest absolute Gasteiger partial charge is 0.162 e. The van der Waals surface area contributed by atoms with E-state index >= 15 is 0 Å². The Morgan fingerprint density at radius 1 is 1.00 bits per heavy atom. The van der Waals surface area contributed by atoms with Crippen LogP contribution in [0.1, 0.15) is 5.69 Å². The van der Waals surface area contributed by atoms with Gasteiger partial charge in [0.15, 0.2) is 11.5 Å². The molecule has 4 aromatic heterocycles. The SMILES string of the molecule is c1ccc2c(NCc3ccnc4ccnn34)nc(-c3ccsc3)nc2c1. The van der Waals surface area contributed by atoms with Gasteiger partial charge < -0.3 is 5.32 Å². The molecule has 0 unspecified atom stereocenters. The number of rotatable bonds is 4. The van der Waals surface area contributed by atoms with Crippen molar-refractivity contribution in [3.63, 3.8) is 0 Å². The predicted octanol–water partition coefficient (Wildman–Crippen LogP) is 4.01. The first-order valence-electron chi connectivity index (χ1n) is 8.19. The van der Waals surface area contributed by atoms with Crippen LogP contribution >= 0.6 is 11.3 Å². The van der Waals surface area contributed by atoms with Gasteiger partial charge >= 0.3 is 0 Å². The summed E-state index contributed by atoms with van der Waals surface area (Å²) in [5.41, 5.74) is 3.79. The first-order valence-corrected chi connectivity index (χ1v) is 9.14. The van der Waals surface area contributed by atoms with Crippen LogP contribution < -0.4 is 5.32 Å². The Bertz CT molecular complexity index is 1200. The second-order valence-electron chi connectivity index (χ2n) is 5.82. The van der Waals surface area contributed by atoms with Gasteiger partial charge in [-0.15, -0.1) is 0 Å². The summed E-state index contributed by atoms with van der Waals surface area (Å²) in [5, 5.41) is 12.9. The molecule has 5 aromatic rings. The second kappa shape index (κ2) is 6.20. The summed E-state index contributed by atoms with van der Waals surface area (Å²) in [6.07, 6.45) is 3.55. The zero-order chi connectivity index (χ0) is 17.3. The Kier molecular flexibility index (Phi) is 3.57. The molecule has 0 radical (unpaired) electrons. The number of nitrogens with zero attached hydrogens (tertiary/aromatic N) is 5. The van der Waals surface area contributed by atoms with Crippen molar-refractivity contribution < 1.29 is 0 Å². The summed E-state index contributed by atoms with van der Waals surface area (Å²) in [7, 11) is 0. The Labute approximate surface area is 153 Å². The topological polar surface area (TPSA) is 68.0 Å². The van der Waals surface area contributed by atoms with Gasteiger partial charge in [-0.3, -0.25) is 0 Å². The van der Waals surface area contributed by atoms with E-state index in [2.05, 4.69) is 20.8 Å². The fourth-order valence-electron chi connectivity index (χ4n) is 2.93. The second-order valence-corrected chi connectivity index (χ2v) is 6.60. The zero-order valence-electron chi connectivity index (χ0n) is 13.7. The molecule has 0 saturated heterocycles. The average Bonchev–Trinajstić information content (AvgIpc) is 3.37. The molecule has 4 heterocycles. The summed E-state index contributed by atoms with van der Waals surface area (Å²) in [6, 6.07) is 13.9. The maximum absolute atomic E-state index is 4.77. The van der Waals surface area contributed by atoms with Crippen LogP contribution in [0, 0.1) is 0 Å². The van der Waals surface area contributed by atoms with E-state index in [-0.39, 0.29) is 0 Å². The molecule has 0 aliphatic heterocycles. The van der Waals surface area contributed by atoms with E-state index in [0.717, 1.165) is 39.4 Å². The van der Waals surface area contributed by atoms with E-state index in [9.17, 15) is 0 Å². The quantitative estimate of drug-likeness (QED) is 0.526. The van der Waals surface area contributed by atoms with Crippen LogP contribution in [0.3, 0.4) is 0 Å². The highest BCUT2D eigenvalue weighted by Gasteiger charge is 2.10. The molecule has 0 spiro atoms. The Morgan fingerprint density at radius 3 is 2.88 bits per heavy atom. The highest BCUT2D eigenvalue weighted by molar-refractivity contribution is 7.08. The third kappa shape index (κ3) is 2.58. The molecule has 1 aromatic carbocycles. The van der Waals surface area contributed by atoms with Crippen LogP contribution in [0.25, 0.3) is 27.9 Å². The van der Waals surface area contributed by atoms with Crippen LogP contribution in [-0.2, 0) is 6.54 Å². The summed E-state index contributed by atoms with van der Waals surface area (Å²) >= 11 is 1.64. The van der Waals surface area contributed by atoms with Gasteiger partial charge in [-0.2, -0.15) is 16.4 Å². The number of thiophene rings is 1. The molecule has 0 atom stereocenters. The maximum atomic E-state index is 4.77. The van der Waals surface area contributed by atoms with Crippen molar-refractivity contribution >= 4 is 33.7 Å². The van der Waals surface area contributed by atoms with E-state index in [4.69, 9.17) is 9.97 Å². The molecule has 0 aliphatic carbocycles. The first-order chi connectivity index (χ1) is 12.9. The fraction of sp³-hybridized carbons (Fsp3) is 0.0526. The number of para-hydroxylation sites is 1. The summed E-state index contributed by atoms with van der Waals surface area (Å²) in [6.45, 7) is 0.588. The van der Waals surface area contributed by atoms with Gasteiger partial charge in [0.2, 0.25) is 0 Å². The van der Waals surface area contributed by atoms with Crippen molar-refractivity contribution in [3.8, 4) is 11.4 Å². The molecule has 0 bridgehead atoms. The lowest BCUT2D eigenvalue weighted by Crippen LogP contribution is -2.08. The molecule has 1 N–H and O–H groups in total. The van der Waals surface area contributed by atoms with Gasteiger partial charge in [0.1, 0.15) is 5.82 Å². The zero-order valence-corrected chi connectivity index (χ0v) is 14.5. The van der Waals surface area contributed by atoms with E-state index in [0.29, 0.717) is 6.54 Å². The van der Waals surface area contributed by atoms with Gasteiger partial charge in [-0.05, 0) is 29.6 Å². The molecule has 0 saturated carbocycles. The van der Waals surface area contributed by atoms with Gasteiger partial charge in [0.25, 0.3) is 0 Å². The van der Waals surface area contributed by atoms with E-state index in [1.165, 1.54) is 0 Å². The lowest BCUT2D eigenvalue weighted by molar-refractivity contribution is 0.852. The third-order valence-corrected chi connectivity index (χ3v) is 4.87. The van der Waals surface area contributed by atoms with Gasteiger partial charge in [-0.25, -0.2) is 19.5 Å². The average molecular weight is 358 g/mol. The number of aromatic nitrogens is 5. The molecule has 0 fully saturated rings. The lowest BCUT2D eigenvalue weighted by atomic mass is 10.2. The normalized spacial score (nSPS) is 11.2. The molecule has 0 aliphatic rings. The standard InChI is InChI=1S/C19H14N6S/c1-2-4-16-15(3-1)19(24-18(23-16)13-7-10-26-12-13)21-11-14-5-8-20-17-6-9-22-25(14)17/h1-10,12H,11H2,(H,21,23,24). The van der Waals surface area contributed by atoms with Gasteiger partial charge in [0, 0.05) is 28.6 Å². The third-order valence-electron chi connectivity index (χ3n) is 4.19. The van der Waals surface area contributed by atoms with Crippen molar-refractivity contribution in [2.24, 2.45) is 0 Å². The summed E-state index contributed by atoms with van der Waals surface area (Å²) in [5.74, 6) is 1.54. The minimum absolute atomic E-state index is 0.588. The van der Waals surface area contributed by atoms with Crippen molar-refractivity contribution in [2.75, 3.05) is 5.32 Å². The maximum Gasteiger partial charge on any atom is 0.162 e. The number of hydrogen-bond acceptors (Lipinski definition) is 6. The van der Waals surface area contributed by atoms with Crippen molar-refractivity contribution in [2.45, 2.75) is 6.54 Å². The van der Waals surface area contributed by atoms with E-state index in [1.54, 1.807) is 23.7 Å². The van der Waals surface area contributed by atoms with Gasteiger partial charge in [-0.1, -0.05) is 12.1 Å². The van der Waals surface area contributed by atoms with Crippen molar-refractivity contribution in [1.82, 2.24) is 24.6 Å². The molecule has 6 nitrogen and oxygen atoms in total. The molecule has 126 valence electrons. The van der Waals surface area contributed by atoms with Crippen LogP contribution in [0.15, 0.2) is 65.6 Å². The minimum Gasteiger partial charge on any atom is -0.364 e. The van der Waals surface area contributed by atoms with Crippen molar-refractivity contribution in [1.29, 1.82) is 0 Å². The highest BCUT2D eigenvalue weighted by Crippen LogP contribution is 2.26. The molecular weight excluding hydrogens is 344 g/mol. The van der Waals surface area contributed by atoms with Crippen LogP contribution in [-0.4, -0.2) is 24.6 Å². The minimum atomic E-state index is 0.588. The van der Waals surface area contributed by atoms with Crippen molar-refractivity contribution in [3.05, 3.63) is 71.3 Å². The predicted molar refractivity (Wildman–Crippen MR) is 103 cm³/mol. The summed E-state index contributed by atoms with van der Waals surface area (Å²) < 4.78 is 1.83. The monoisotopic (exact) mass is 358 g/mol. The molecule has 5 rings (SSSR count). The fourth-order valence-corrected chi connectivity index (χ4v) is 3.56. The molecular formula is C19H14N6S. The number of nitrogens with one attached hydrogen (secondary N) is 1. The summed E-state index contributed by atoms with van der Waals surface area (Å²) in [4.78, 5) is 13.8. The van der Waals surface area contributed by atoms with Crippen LogP contribution in [0.4, 0.5) is 5.82 Å². The molecule has 7 heteroatoms. The Hall–Kier alpha value is -3.32. The lowest BCUT2D eigenvalue weighted by Gasteiger charge is -2.11. The van der Waals surface area contributed by atoms with E-state index < -0.39 is 0 Å². The number of benzene rings is 1. The number of fused-ring (bicyclic) bond motifs is 2. The highest BCUT2D eigenvalue weighted by atomic mass is 32.1.